The van der Waals surface area contributed by atoms with Gasteiger partial charge in [-0.25, -0.2) is 8.42 Å². The Balaban J connectivity index is 1.83. The van der Waals surface area contributed by atoms with Gasteiger partial charge in [0.15, 0.2) is 0 Å². The molecule has 1 amide bonds. The van der Waals surface area contributed by atoms with Gasteiger partial charge in [-0.15, -0.1) is 0 Å². The topological polar surface area (TPSA) is 84.5 Å². The summed E-state index contributed by atoms with van der Waals surface area (Å²) in [6.45, 7) is 5.74. The van der Waals surface area contributed by atoms with E-state index in [4.69, 9.17) is 4.74 Å². The van der Waals surface area contributed by atoms with Crippen molar-refractivity contribution in [3.63, 3.8) is 0 Å². The monoisotopic (exact) mass is 466 g/mol. The van der Waals surface area contributed by atoms with Gasteiger partial charge >= 0.3 is 0 Å². The first kappa shape index (κ1) is 24.5. The molecule has 7 heteroatoms. The van der Waals surface area contributed by atoms with E-state index in [1.165, 1.54) is 0 Å². The van der Waals surface area contributed by atoms with Gasteiger partial charge in [0.2, 0.25) is 15.9 Å². The van der Waals surface area contributed by atoms with Crippen molar-refractivity contribution in [3.05, 3.63) is 94.5 Å². The van der Waals surface area contributed by atoms with Crippen molar-refractivity contribution < 1.29 is 17.9 Å². The van der Waals surface area contributed by atoms with Crippen molar-refractivity contribution >= 4 is 15.9 Å². The van der Waals surface area contributed by atoms with Crippen LogP contribution in [0.25, 0.3) is 0 Å². The zero-order valence-electron chi connectivity index (χ0n) is 19.4. The van der Waals surface area contributed by atoms with Gasteiger partial charge in [0.05, 0.1) is 12.0 Å². The maximum atomic E-state index is 13.3. The third kappa shape index (κ3) is 6.43. The molecule has 0 aromatic heterocycles. The smallest absolute Gasteiger partial charge is 0.241 e. The Labute approximate surface area is 196 Å². The third-order valence-corrected chi connectivity index (χ3v) is 7.17. The van der Waals surface area contributed by atoms with Crippen molar-refractivity contribution in [1.29, 1.82) is 0 Å². The molecule has 0 bridgehead atoms. The molecule has 2 N–H and O–H groups in total. The Kier molecular flexibility index (Phi) is 7.89. The van der Waals surface area contributed by atoms with Crippen LogP contribution in [0, 0.1) is 20.8 Å². The molecule has 0 fully saturated rings. The second-order valence-corrected chi connectivity index (χ2v) is 9.81. The van der Waals surface area contributed by atoms with Gasteiger partial charge in [0, 0.05) is 6.54 Å². The molecule has 0 spiro atoms. The largest absolute Gasteiger partial charge is 0.497 e. The number of sulfonamides is 1. The number of amides is 1. The van der Waals surface area contributed by atoms with Crippen molar-refractivity contribution in [2.75, 3.05) is 7.11 Å². The fourth-order valence-corrected chi connectivity index (χ4v) is 5.58. The number of rotatable bonds is 9. The second kappa shape index (κ2) is 10.6. The molecular formula is C26H30N2O4S. The van der Waals surface area contributed by atoms with Gasteiger partial charge in [-0.2, -0.15) is 4.72 Å². The van der Waals surface area contributed by atoms with Crippen LogP contribution in [0.2, 0.25) is 0 Å². The minimum Gasteiger partial charge on any atom is -0.497 e. The van der Waals surface area contributed by atoms with E-state index in [9.17, 15) is 13.2 Å². The van der Waals surface area contributed by atoms with Crippen LogP contribution < -0.4 is 14.8 Å². The number of methoxy groups -OCH3 is 1. The SMILES string of the molecule is COc1ccc(CNC(=O)[C@@H](Cc2ccccc2)NS(=O)(=O)c2c(C)cc(C)cc2C)cc1. The van der Waals surface area contributed by atoms with Crippen molar-refractivity contribution in [2.24, 2.45) is 0 Å². The standard InChI is InChI=1S/C26H30N2O4S/c1-18-14-19(2)25(20(3)15-18)33(30,31)28-24(16-21-8-6-5-7-9-21)26(29)27-17-22-10-12-23(32-4)13-11-22/h5-15,24,28H,16-17H2,1-4H3,(H,27,29)/t24-/m1/s1. The highest BCUT2D eigenvalue weighted by atomic mass is 32.2. The van der Waals surface area contributed by atoms with Crippen LogP contribution >= 0.6 is 0 Å². The van der Waals surface area contributed by atoms with Gasteiger partial charge in [-0.05, 0) is 61.6 Å². The number of hydrogen-bond acceptors (Lipinski definition) is 4. The summed E-state index contributed by atoms with van der Waals surface area (Å²) >= 11 is 0. The van der Waals surface area contributed by atoms with E-state index in [1.54, 1.807) is 21.0 Å². The fourth-order valence-electron chi connectivity index (χ4n) is 3.93. The first-order valence-electron chi connectivity index (χ1n) is 10.7. The first-order chi connectivity index (χ1) is 15.7. The molecule has 33 heavy (non-hydrogen) atoms. The molecule has 0 radical (unpaired) electrons. The average molecular weight is 467 g/mol. The lowest BCUT2D eigenvalue weighted by atomic mass is 10.1. The summed E-state index contributed by atoms with van der Waals surface area (Å²) in [5, 5.41) is 2.86. The van der Waals surface area contributed by atoms with Crippen LogP contribution in [0.15, 0.2) is 71.6 Å². The number of aryl methyl sites for hydroxylation is 3. The molecule has 3 aromatic rings. The second-order valence-electron chi connectivity index (χ2n) is 8.16. The molecular weight excluding hydrogens is 436 g/mol. The summed E-state index contributed by atoms with van der Waals surface area (Å²) in [4.78, 5) is 13.3. The maximum absolute atomic E-state index is 13.3. The summed E-state index contributed by atoms with van der Waals surface area (Å²) in [5.74, 6) is 0.337. The Morgan fingerprint density at radius 3 is 2.09 bits per heavy atom. The number of nitrogens with one attached hydrogen (secondary N) is 2. The quantitative estimate of drug-likeness (QED) is 0.502. The molecule has 0 saturated heterocycles. The lowest BCUT2D eigenvalue weighted by molar-refractivity contribution is -0.122. The highest BCUT2D eigenvalue weighted by molar-refractivity contribution is 7.89. The highest BCUT2D eigenvalue weighted by Crippen LogP contribution is 2.22. The minimum atomic E-state index is -3.92. The number of benzene rings is 3. The molecule has 0 aliphatic heterocycles. The van der Waals surface area contributed by atoms with E-state index in [0.29, 0.717) is 11.1 Å². The van der Waals surface area contributed by atoms with Crippen LogP contribution in [0.3, 0.4) is 0 Å². The molecule has 174 valence electrons. The van der Waals surface area contributed by atoms with Crippen LogP contribution in [0.5, 0.6) is 5.75 Å². The Hall–Kier alpha value is -3.16. The number of carbonyl (C=O) groups excluding carboxylic acids is 1. The lowest BCUT2D eigenvalue weighted by Crippen LogP contribution is -2.48. The number of carbonyl (C=O) groups is 1. The summed E-state index contributed by atoms with van der Waals surface area (Å²) in [5.41, 5.74) is 4.04. The van der Waals surface area contributed by atoms with Gasteiger partial charge in [0.25, 0.3) is 0 Å². The Morgan fingerprint density at radius 1 is 0.909 bits per heavy atom. The van der Waals surface area contributed by atoms with E-state index in [0.717, 1.165) is 22.4 Å². The molecule has 0 aliphatic carbocycles. The predicted molar refractivity (Wildman–Crippen MR) is 130 cm³/mol. The normalized spacial score (nSPS) is 12.2. The Morgan fingerprint density at radius 2 is 1.52 bits per heavy atom. The minimum absolute atomic E-state index is 0.217. The van der Waals surface area contributed by atoms with Crippen LogP contribution in [0.4, 0.5) is 0 Å². The molecule has 0 heterocycles. The van der Waals surface area contributed by atoms with Crippen molar-refractivity contribution in [1.82, 2.24) is 10.0 Å². The summed E-state index contributed by atoms with van der Waals surface area (Å²) in [7, 11) is -2.33. The van der Waals surface area contributed by atoms with E-state index in [2.05, 4.69) is 10.0 Å². The molecule has 1 atom stereocenters. The van der Waals surface area contributed by atoms with Crippen LogP contribution in [-0.4, -0.2) is 27.5 Å². The van der Waals surface area contributed by atoms with Crippen LogP contribution in [-0.2, 0) is 27.8 Å². The number of hydrogen-bond donors (Lipinski definition) is 2. The van der Waals surface area contributed by atoms with Crippen LogP contribution in [0.1, 0.15) is 27.8 Å². The van der Waals surface area contributed by atoms with Gasteiger partial charge in [-0.3, -0.25) is 4.79 Å². The van der Waals surface area contributed by atoms with Gasteiger partial charge in [0.1, 0.15) is 11.8 Å². The zero-order chi connectivity index (χ0) is 24.0. The van der Waals surface area contributed by atoms with Crippen molar-refractivity contribution in [2.45, 2.75) is 44.7 Å². The van der Waals surface area contributed by atoms with Crippen molar-refractivity contribution in [3.8, 4) is 5.75 Å². The molecule has 6 nitrogen and oxygen atoms in total. The molecule has 0 unspecified atom stereocenters. The van der Waals surface area contributed by atoms with E-state index in [1.807, 2.05) is 73.7 Å². The maximum Gasteiger partial charge on any atom is 0.241 e. The summed E-state index contributed by atoms with van der Waals surface area (Å²) < 4.78 is 34.5. The summed E-state index contributed by atoms with van der Waals surface area (Å²) in [6, 6.07) is 19.4. The average Bonchev–Trinajstić information content (AvgIpc) is 2.77. The molecule has 3 rings (SSSR count). The molecule has 0 aliphatic rings. The molecule has 3 aromatic carbocycles. The highest BCUT2D eigenvalue weighted by Gasteiger charge is 2.28. The summed E-state index contributed by atoms with van der Waals surface area (Å²) in [6.07, 6.45) is 0.235. The van der Waals surface area contributed by atoms with E-state index in [-0.39, 0.29) is 23.8 Å². The molecule has 0 saturated carbocycles. The fraction of sp³-hybridized carbons (Fsp3) is 0.269. The predicted octanol–water partition coefficient (Wildman–Crippen LogP) is 3.83. The van der Waals surface area contributed by atoms with E-state index >= 15 is 0 Å². The van der Waals surface area contributed by atoms with Gasteiger partial charge in [-0.1, -0.05) is 60.2 Å². The lowest BCUT2D eigenvalue weighted by Gasteiger charge is -2.21. The number of ether oxygens (including phenoxy) is 1. The Bertz CT molecular complexity index is 1180. The van der Waals surface area contributed by atoms with Gasteiger partial charge < -0.3 is 10.1 Å². The first-order valence-corrected chi connectivity index (χ1v) is 12.2. The third-order valence-electron chi connectivity index (χ3n) is 5.40. The zero-order valence-corrected chi connectivity index (χ0v) is 20.2. The van der Waals surface area contributed by atoms with E-state index < -0.39 is 16.1 Å².